The van der Waals surface area contributed by atoms with Gasteiger partial charge in [-0.25, -0.2) is 4.39 Å². The number of rotatable bonds is 8. The van der Waals surface area contributed by atoms with Gasteiger partial charge < -0.3 is 14.8 Å². The van der Waals surface area contributed by atoms with Crippen molar-refractivity contribution in [3.8, 4) is 0 Å². The average molecular weight is 325 g/mol. The zero-order valence-electron chi connectivity index (χ0n) is 15.1. The van der Waals surface area contributed by atoms with Crippen molar-refractivity contribution in [3.63, 3.8) is 0 Å². The summed E-state index contributed by atoms with van der Waals surface area (Å²) >= 11 is 0. The molecule has 0 bridgehead atoms. The standard InChI is InChI=1S/C17H29BFNO3/c1-7-20(8-2)12-13-9-10-14(15(19)11-13)18(22)23-17(5,6)16(3,4)21/h9-11,21-22H,7-8,12H2,1-6H3. The highest BCUT2D eigenvalue weighted by molar-refractivity contribution is 6.60. The minimum absolute atomic E-state index is 0.0746. The maximum absolute atomic E-state index is 14.3. The first kappa shape index (κ1) is 20.1. The SMILES string of the molecule is CCN(CC)Cc1ccc(B(O)OC(C)(C)C(C)(C)O)c(F)c1. The molecule has 0 heterocycles. The maximum Gasteiger partial charge on any atom is 0.494 e. The highest BCUT2D eigenvalue weighted by atomic mass is 19.1. The van der Waals surface area contributed by atoms with Crippen molar-refractivity contribution in [2.24, 2.45) is 0 Å². The number of hydrogen-bond donors (Lipinski definition) is 2. The molecule has 0 unspecified atom stereocenters. The molecule has 6 heteroatoms. The van der Waals surface area contributed by atoms with Crippen LogP contribution in [0.4, 0.5) is 4.39 Å². The largest absolute Gasteiger partial charge is 0.494 e. The van der Waals surface area contributed by atoms with Crippen LogP contribution in [0.15, 0.2) is 18.2 Å². The number of halogens is 1. The lowest BCUT2D eigenvalue weighted by Gasteiger charge is -2.38. The minimum Gasteiger partial charge on any atom is -0.423 e. The van der Waals surface area contributed by atoms with E-state index in [9.17, 15) is 14.5 Å². The molecule has 0 aliphatic heterocycles. The van der Waals surface area contributed by atoms with Gasteiger partial charge in [0.25, 0.3) is 0 Å². The van der Waals surface area contributed by atoms with E-state index in [-0.39, 0.29) is 5.46 Å². The molecule has 0 spiro atoms. The lowest BCUT2D eigenvalue weighted by atomic mass is 9.76. The van der Waals surface area contributed by atoms with Crippen LogP contribution >= 0.6 is 0 Å². The van der Waals surface area contributed by atoms with E-state index < -0.39 is 24.1 Å². The van der Waals surface area contributed by atoms with E-state index in [0.29, 0.717) is 6.54 Å². The van der Waals surface area contributed by atoms with Crippen LogP contribution in [-0.2, 0) is 11.2 Å². The summed E-state index contributed by atoms with van der Waals surface area (Å²) < 4.78 is 19.8. The van der Waals surface area contributed by atoms with Gasteiger partial charge in [-0.15, -0.1) is 0 Å². The van der Waals surface area contributed by atoms with E-state index in [2.05, 4.69) is 18.7 Å². The predicted molar refractivity (Wildman–Crippen MR) is 92.1 cm³/mol. The first-order valence-electron chi connectivity index (χ1n) is 8.10. The van der Waals surface area contributed by atoms with Crippen LogP contribution in [0.2, 0.25) is 0 Å². The van der Waals surface area contributed by atoms with Crippen molar-refractivity contribution < 1.29 is 19.2 Å². The third kappa shape index (κ3) is 5.28. The molecule has 0 saturated heterocycles. The van der Waals surface area contributed by atoms with Crippen LogP contribution in [0, 0.1) is 5.82 Å². The summed E-state index contributed by atoms with van der Waals surface area (Å²) in [6, 6.07) is 4.76. The Hall–Kier alpha value is -0.945. The molecule has 0 radical (unpaired) electrons. The van der Waals surface area contributed by atoms with Gasteiger partial charge in [-0.05, 0) is 52.4 Å². The molecule has 2 N–H and O–H groups in total. The number of hydrogen-bond acceptors (Lipinski definition) is 4. The monoisotopic (exact) mass is 325 g/mol. The highest BCUT2D eigenvalue weighted by Gasteiger charge is 2.40. The normalized spacial score (nSPS) is 12.8. The van der Waals surface area contributed by atoms with E-state index in [1.54, 1.807) is 39.8 Å². The Morgan fingerprint density at radius 2 is 1.74 bits per heavy atom. The lowest BCUT2D eigenvalue weighted by Crippen LogP contribution is -2.53. The number of benzene rings is 1. The van der Waals surface area contributed by atoms with Gasteiger partial charge >= 0.3 is 7.12 Å². The molecule has 1 aromatic carbocycles. The molecule has 0 saturated carbocycles. The van der Waals surface area contributed by atoms with Crippen LogP contribution in [-0.4, -0.2) is 46.4 Å². The first-order valence-corrected chi connectivity index (χ1v) is 8.10. The van der Waals surface area contributed by atoms with E-state index in [1.165, 1.54) is 6.07 Å². The Kier molecular flexibility index (Phi) is 6.77. The second kappa shape index (κ2) is 7.75. The maximum atomic E-state index is 14.3. The first-order chi connectivity index (χ1) is 10.5. The summed E-state index contributed by atoms with van der Waals surface area (Å²) in [6.45, 7) is 13.1. The quantitative estimate of drug-likeness (QED) is 0.717. The van der Waals surface area contributed by atoms with Gasteiger partial charge in [0.05, 0.1) is 11.2 Å². The van der Waals surface area contributed by atoms with Gasteiger partial charge in [0.1, 0.15) is 5.82 Å². The second-order valence-corrected chi connectivity index (χ2v) is 6.86. The topological polar surface area (TPSA) is 52.9 Å². The molecular formula is C17H29BFNO3. The third-order valence-corrected chi connectivity index (χ3v) is 4.51. The Bertz CT molecular complexity index is 513. The molecule has 0 aromatic heterocycles. The van der Waals surface area contributed by atoms with Gasteiger partial charge in [0.15, 0.2) is 0 Å². The van der Waals surface area contributed by atoms with E-state index in [1.807, 2.05) is 0 Å². The Morgan fingerprint density at radius 1 is 1.17 bits per heavy atom. The molecule has 1 aromatic rings. The molecule has 130 valence electrons. The Labute approximate surface area is 139 Å². The smallest absolute Gasteiger partial charge is 0.423 e. The van der Waals surface area contributed by atoms with Crippen LogP contribution in [0.3, 0.4) is 0 Å². The van der Waals surface area contributed by atoms with Gasteiger partial charge in [0.2, 0.25) is 0 Å². The molecule has 0 aliphatic carbocycles. The van der Waals surface area contributed by atoms with Crippen LogP contribution in [0.1, 0.15) is 47.1 Å². The fourth-order valence-electron chi connectivity index (χ4n) is 2.06. The zero-order chi connectivity index (χ0) is 17.8. The number of nitrogens with zero attached hydrogens (tertiary/aromatic N) is 1. The summed E-state index contributed by atoms with van der Waals surface area (Å²) in [5.74, 6) is -0.506. The van der Waals surface area contributed by atoms with Crippen molar-refractivity contribution >= 4 is 12.6 Å². The van der Waals surface area contributed by atoms with Gasteiger partial charge in [0, 0.05) is 12.0 Å². The molecular weight excluding hydrogens is 296 g/mol. The van der Waals surface area contributed by atoms with Gasteiger partial charge in [-0.3, -0.25) is 4.90 Å². The minimum atomic E-state index is -1.43. The van der Waals surface area contributed by atoms with Gasteiger partial charge in [-0.2, -0.15) is 0 Å². The molecule has 0 aliphatic rings. The lowest BCUT2D eigenvalue weighted by molar-refractivity contribution is -0.0983. The summed E-state index contributed by atoms with van der Waals surface area (Å²) in [4.78, 5) is 2.18. The molecule has 0 fully saturated rings. The summed E-state index contributed by atoms with van der Waals surface area (Å²) in [5, 5.41) is 20.3. The van der Waals surface area contributed by atoms with Crippen molar-refractivity contribution in [1.29, 1.82) is 0 Å². The number of aliphatic hydroxyl groups is 1. The summed E-state index contributed by atoms with van der Waals surface area (Å²) in [7, 11) is -1.43. The summed E-state index contributed by atoms with van der Waals surface area (Å²) in [6.07, 6.45) is 0. The van der Waals surface area contributed by atoms with Crippen molar-refractivity contribution in [3.05, 3.63) is 29.6 Å². The van der Waals surface area contributed by atoms with Crippen molar-refractivity contribution in [2.45, 2.75) is 59.3 Å². The van der Waals surface area contributed by atoms with Crippen molar-refractivity contribution in [1.82, 2.24) is 4.90 Å². The highest BCUT2D eigenvalue weighted by Crippen LogP contribution is 2.25. The summed E-state index contributed by atoms with van der Waals surface area (Å²) in [5.41, 5.74) is -1.28. The predicted octanol–water partition coefficient (Wildman–Crippen LogP) is 1.92. The van der Waals surface area contributed by atoms with Crippen LogP contribution in [0.5, 0.6) is 0 Å². The van der Waals surface area contributed by atoms with E-state index in [0.717, 1.165) is 18.7 Å². The van der Waals surface area contributed by atoms with Crippen LogP contribution < -0.4 is 5.46 Å². The zero-order valence-corrected chi connectivity index (χ0v) is 15.1. The molecule has 0 amide bonds. The second-order valence-electron chi connectivity index (χ2n) is 6.86. The molecule has 4 nitrogen and oxygen atoms in total. The van der Waals surface area contributed by atoms with E-state index >= 15 is 0 Å². The van der Waals surface area contributed by atoms with Crippen LogP contribution in [0.25, 0.3) is 0 Å². The van der Waals surface area contributed by atoms with E-state index in [4.69, 9.17) is 4.65 Å². The molecule has 23 heavy (non-hydrogen) atoms. The fraction of sp³-hybridized carbons (Fsp3) is 0.647. The van der Waals surface area contributed by atoms with Crippen molar-refractivity contribution in [2.75, 3.05) is 13.1 Å². The Morgan fingerprint density at radius 3 is 2.17 bits per heavy atom. The van der Waals surface area contributed by atoms with Gasteiger partial charge in [-0.1, -0.05) is 26.0 Å². The molecule has 0 atom stereocenters. The fourth-order valence-corrected chi connectivity index (χ4v) is 2.06. The molecule has 1 rings (SSSR count). The third-order valence-electron chi connectivity index (χ3n) is 4.51. The average Bonchev–Trinajstić information content (AvgIpc) is 2.42. The Balaban J connectivity index is 2.89.